The molecule has 6 heteroatoms. The van der Waals surface area contributed by atoms with Crippen LogP contribution in [0.1, 0.15) is 21.9 Å². The fraction of sp³-hybridized carbons (Fsp3) is 0.385. The van der Waals surface area contributed by atoms with Gasteiger partial charge in [-0.15, -0.1) is 0 Å². The van der Waals surface area contributed by atoms with E-state index in [0.717, 1.165) is 24.4 Å². The third kappa shape index (κ3) is 3.69. The van der Waals surface area contributed by atoms with Crippen molar-refractivity contribution >= 4 is 5.97 Å². The summed E-state index contributed by atoms with van der Waals surface area (Å²) in [6.45, 7) is 1.52. The molecular formula is C13H18N4O2. The highest BCUT2D eigenvalue weighted by atomic mass is 16.5. The van der Waals surface area contributed by atoms with E-state index in [1.54, 1.807) is 10.7 Å². The molecule has 2 N–H and O–H groups in total. The molecule has 0 unspecified atom stereocenters. The van der Waals surface area contributed by atoms with Crippen LogP contribution in [0.15, 0.2) is 24.4 Å². The Morgan fingerprint density at radius 3 is 3.00 bits per heavy atom. The van der Waals surface area contributed by atoms with Crippen molar-refractivity contribution in [2.24, 2.45) is 7.05 Å². The van der Waals surface area contributed by atoms with E-state index in [4.69, 9.17) is 0 Å². The monoisotopic (exact) mass is 262 g/mol. The van der Waals surface area contributed by atoms with Gasteiger partial charge in [-0.25, -0.2) is 4.79 Å². The Morgan fingerprint density at radius 2 is 2.32 bits per heavy atom. The van der Waals surface area contributed by atoms with Gasteiger partial charge in [0.2, 0.25) is 0 Å². The molecule has 0 bridgehead atoms. The third-order valence-electron chi connectivity index (χ3n) is 2.79. The van der Waals surface area contributed by atoms with E-state index in [1.165, 1.54) is 7.11 Å². The third-order valence-corrected chi connectivity index (χ3v) is 2.79. The molecule has 102 valence electrons. The molecule has 19 heavy (non-hydrogen) atoms. The lowest BCUT2D eigenvalue weighted by Crippen LogP contribution is -2.17. The first-order valence-corrected chi connectivity index (χ1v) is 6.14. The lowest BCUT2D eigenvalue weighted by atomic mass is 10.3. The zero-order chi connectivity index (χ0) is 13.7. The molecule has 0 atom stereocenters. The summed E-state index contributed by atoms with van der Waals surface area (Å²) in [5.74, 6) is -0.347. The smallest absolute Gasteiger partial charge is 0.354 e. The van der Waals surface area contributed by atoms with Gasteiger partial charge < -0.3 is 15.0 Å². The van der Waals surface area contributed by atoms with Crippen molar-refractivity contribution in [3.63, 3.8) is 0 Å². The van der Waals surface area contributed by atoms with Gasteiger partial charge >= 0.3 is 5.97 Å². The average Bonchev–Trinajstić information content (AvgIpc) is 3.03. The first-order chi connectivity index (χ1) is 9.19. The SMILES string of the molecule is COC(=O)c1ccc(CNCCc2ccn(C)n2)[nH]1. The van der Waals surface area contributed by atoms with Crippen LogP contribution in [0.3, 0.4) is 0 Å². The zero-order valence-corrected chi connectivity index (χ0v) is 11.1. The van der Waals surface area contributed by atoms with E-state index in [2.05, 4.69) is 20.1 Å². The second kappa shape index (κ2) is 6.19. The lowest BCUT2D eigenvalue weighted by Gasteiger charge is -2.01. The number of carbonyl (C=O) groups excluding carboxylic acids is 1. The first kappa shape index (κ1) is 13.4. The van der Waals surface area contributed by atoms with Crippen LogP contribution in [-0.2, 0) is 24.8 Å². The Balaban J connectivity index is 1.73. The lowest BCUT2D eigenvalue weighted by molar-refractivity contribution is 0.0594. The highest BCUT2D eigenvalue weighted by Crippen LogP contribution is 2.03. The van der Waals surface area contributed by atoms with Gasteiger partial charge in [-0.3, -0.25) is 4.68 Å². The molecule has 0 aromatic carbocycles. The van der Waals surface area contributed by atoms with Gasteiger partial charge in [0.25, 0.3) is 0 Å². The Labute approximate surface area is 111 Å². The summed E-state index contributed by atoms with van der Waals surface area (Å²) in [5.41, 5.74) is 2.50. The molecule has 0 saturated carbocycles. The maximum Gasteiger partial charge on any atom is 0.354 e. The van der Waals surface area contributed by atoms with Crippen LogP contribution >= 0.6 is 0 Å². The summed E-state index contributed by atoms with van der Waals surface area (Å²) in [6.07, 6.45) is 2.81. The van der Waals surface area contributed by atoms with Gasteiger partial charge in [-0.05, 0) is 18.2 Å². The number of ether oxygens (including phenoxy) is 1. The Morgan fingerprint density at radius 1 is 1.47 bits per heavy atom. The summed E-state index contributed by atoms with van der Waals surface area (Å²) in [7, 11) is 3.28. The van der Waals surface area contributed by atoms with Crippen molar-refractivity contribution in [1.29, 1.82) is 0 Å². The zero-order valence-electron chi connectivity index (χ0n) is 11.1. The molecule has 6 nitrogen and oxygen atoms in total. The molecule has 2 heterocycles. The number of hydrogen-bond donors (Lipinski definition) is 2. The molecule has 0 spiro atoms. The highest BCUT2D eigenvalue weighted by Gasteiger charge is 2.07. The Bertz CT molecular complexity index is 544. The number of H-pyrrole nitrogens is 1. The second-order valence-corrected chi connectivity index (χ2v) is 4.30. The van der Waals surface area contributed by atoms with E-state index in [0.29, 0.717) is 12.2 Å². The van der Waals surface area contributed by atoms with Crippen LogP contribution in [0.5, 0.6) is 0 Å². The molecule has 2 aromatic heterocycles. The van der Waals surface area contributed by atoms with Crippen LogP contribution in [0.2, 0.25) is 0 Å². The number of rotatable bonds is 6. The Kier molecular flexibility index (Phi) is 4.35. The fourth-order valence-corrected chi connectivity index (χ4v) is 1.81. The van der Waals surface area contributed by atoms with Crippen LogP contribution in [0, 0.1) is 0 Å². The fourth-order valence-electron chi connectivity index (χ4n) is 1.81. The predicted octanol–water partition coefficient (Wildman–Crippen LogP) is 0.867. The number of hydrogen-bond acceptors (Lipinski definition) is 4. The molecule has 0 radical (unpaired) electrons. The van der Waals surface area contributed by atoms with Crippen LogP contribution in [0.25, 0.3) is 0 Å². The maximum absolute atomic E-state index is 11.3. The van der Waals surface area contributed by atoms with Crippen molar-refractivity contribution < 1.29 is 9.53 Å². The normalized spacial score (nSPS) is 10.6. The number of aryl methyl sites for hydroxylation is 1. The molecule has 0 aliphatic heterocycles. The number of carbonyl (C=O) groups is 1. The van der Waals surface area contributed by atoms with Crippen LogP contribution in [-0.4, -0.2) is 34.4 Å². The molecule has 2 aromatic rings. The summed E-state index contributed by atoms with van der Waals surface area (Å²) in [6, 6.07) is 5.60. The van der Waals surface area contributed by atoms with Gasteiger partial charge in [0.15, 0.2) is 0 Å². The summed E-state index contributed by atoms with van der Waals surface area (Å²) >= 11 is 0. The van der Waals surface area contributed by atoms with Crippen LogP contribution in [0.4, 0.5) is 0 Å². The first-order valence-electron chi connectivity index (χ1n) is 6.14. The van der Waals surface area contributed by atoms with Crippen molar-refractivity contribution in [2.75, 3.05) is 13.7 Å². The summed E-state index contributed by atoms with van der Waals surface area (Å²) < 4.78 is 6.43. The van der Waals surface area contributed by atoms with Crippen LogP contribution < -0.4 is 5.32 Å². The molecular weight excluding hydrogens is 244 g/mol. The van der Waals surface area contributed by atoms with Gasteiger partial charge in [-0.1, -0.05) is 0 Å². The minimum Gasteiger partial charge on any atom is -0.464 e. The number of aromatic nitrogens is 3. The van der Waals surface area contributed by atoms with Gasteiger partial charge in [-0.2, -0.15) is 5.10 Å². The summed E-state index contributed by atoms with van der Waals surface area (Å²) in [5, 5.41) is 7.60. The quantitative estimate of drug-likeness (QED) is 0.598. The van der Waals surface area contributed by atoms with E-state index in [1.807, 2.05) is 25.4 Å². The minimum absolute atomic E-state index is 0.347. The molecule has 0 saturated heterocycles. The Hall–Kier alpha value is -2.08. The maximum atomic E-state index is 11.3. The number of nitrogens with zero attached hydrogens (tertiary/aromatic N) is 2. The number of aromatic amines is 1. The van der Waals surface area contributed by atoms with E-state index in [-0.39, 0.29) is 5.97 Å². The van der Waals surface area contributed by atoms with Crippen molar-refractivity contribution in [3.8, 4) is 0 Å². The topological polar surface area (TPSA) is 71.9 Å². The van der Waals surface area contributed by atoms with Crippen molar-refractivity contribution in [1.82, 2.24) is 20.1 Å². The largest absolute Gasteiger partial charge is 0.464 e. The highest BCUT2D eigenvalue weighted by molar-refractivity contribution is 5.87. The minimum atomic E-state index is -0.347. The van der Waals surface area contributed by atoms with Crippen molar-refractivity contribution in [3.05, 3.63) is 41.5 Å². The second-order valence-electron chi connectivity index (χ2n) is 4.30. The van der Waals surface area contributed by atoms with E-state index < -0.39 is 0 Å². The van der Waals surface area contributed by atoms with Gasteiger partial charge in [0.1, 0.15) is 5.69 Å². The van der Waals surface area contributed by atoms with E-state index >= 15 is 0 Å². The molecule has 0 aliphatic carbocycles. The van der Waals surface area contributed by atoms with E-state index in [9.17, 15) is 4.79 Å². The summed E-state index contributed by atoms with van der Waals surface area (Å²) in [4.78, 5) is 14.3. The predicted molar refractivity (Wildman–Crippen MR) is 70.8 cm³/mol. The number of methoxy groups -OCH3 is 1. The standard InChI is InChI=1S/C13H18N4O2/c1-17-8-6-10(16-17)5-7-14-9-11-3-4-12(15-11)13(18)19-2/h3-4,6,8,14-15H,5,7,9H2,1-2H3. The van der Waals surface area contributed by atoms with Gasteiger partial charge in [0, 0.05) is 38.4 Å². The molecule has 0 aliphatic rings. The average molecular weight is 262 g/mol. The van der Waals surface area contributed by atoms with Gasteiger partial charge in [0.05, 0.1) is 12.8 Å². The number of esters is 1. The molecule has 0 amide bonds. The molecule has 2 rings (SSSR count). The van der Waals surface area contributed by atoms with Crippen molar-refractivity contribution in [2.45, 2.75) is 13.0 Å². The molecule has 0 fully saturated rings. The number of nitrogens with one attached hydrogen (secondary N) is 2.